The Morgan fingerprint density at radius 1 is 0.929 bits per heavy atom. The third kappa shape index (κ3) is 3.83. The fourth-order valence-electron chi connectivity index (χ4n) is 3.55. The Labute approximate surface area is 163 Å². The van der Waals surface area contributed by atoms with E-state index in [9.17, 15) is 14.4 Å². The van der Waals surface area contributed by atoms with E-state index in [4.69, 9.17) is 0 Å². The van der Waals surface area contributed by atoms with Crippen LogP contribution in [0.4, 0.5) is 21.9 Å². The Bertz CT molecular complexity index is 819. The molecule has 0 unspecified atom stereocenters. The van der Waals surface area contributed by atoms with Gasteiger partial charge in [0.2, 0.25) is 11.8 Å². The predicted octanol–water partition coefficient (Wildman–Crippen LogP) is 2.52. The molecule has 7 nitrogen and oxygen atoms in total. The number of urea groups is 1. The molecule has 0 spiro atoms. The predicted molar refractivity (Wildman–Crippen MR) is 108 cm³/mol. The van der Waals surface area contributed by atoms with Gasteiger partial charge in [0, 0.05) is 43.1 Å². The monoisotopic (exact) mass is 378 g/mol. The van der Waals surface area contributed by atoms with E-state index in [1.807, 2.05) is 36.4 Å². The largest absolute Gasteiger partial charge is 0.336 e. The van der Waals surface area contributed by atoms with Gasteiger partial charge in [-0.1, -0.05) is 12.1 Å². The van der Waals surface area contributed by atoms with Gasteiger partial charge < -0.3 is 15.5 Å². The molecule has 0 saturated carbocycles. The minimum atomic E-state index is -0.114. The summed E-state index contributed by atoms with van der Waals surface area (Å²) in [7, 11) is 0. The van der Waals surface area contributed by atoms with Crippen LogP contribution in [0.5, 0.6) is 0 Å². The molecule has 2 N–H and O–H groups in total. The van der Waals surface area contributed by atoms with Crippen molar-refractivity contribution in [1.82, 2.24) is 5.32 Å². The average molecular weight is 378 g/mol. The van der Waals surface area contributed by atoms with Gasteiger partial charge in [-0.15, -0.1) is 0 Å². The van der Waals surface area contributed by atoms with Crippen molar-refractivity contribution in [2.45, 2.75) is 19.3 Å². The molecule has 4 rings (SSSR count). The molecule has 0 bridgehead atoms. The van der Waals surface area contributed by atoms with Crippen LogP contribution in [-0.2, 0) is 16.0 Å². The van der Waals surface area contributed by atoms with Crippen molar-refractivity contribution in [2.24, 2.45) is 0 Å². The van der Waals surface area contributed by atoms with Crippen molar-refractivity contribution in [3.63, 3.8) is 0 Å². The molecule has 2 aliphatic rings. The van der Waals surface area contributed by atoms with Crippen LogP contribution in [0.3, 0.4) is 0 Å². The van der Waals surface area contributed by atoms with E-state index in [-0.39, 0.29) is 24.3 Å². The summed E-state index contributed by atoms with van der Waals surface area (Å²) in [5, 5.41) is 5.64. The van der Waals surface area contributed by atoms with Gasteiger partial charge in [0.1, 0.15) is 0 Å². The normalized spacial score (nSPS) is 16.4. The zero-order chi connectivity index (χ0) is 19.5. The fourth-order valence-corrected chi connectivity index (χ4v) is 3.55. The summed E-state index contributed by atoms with van der Waals surface area (Å²) in [6.45, 7) is 2.04. The number of nitrogens with zero attached hydrogens (tertiary/aromatic N) is 2. The van der Waals surface area contributed by atoms with E-state index in [2.05, 4.69) is 10.6 Å². The molecule has 7 heteroatoms. The smallest absolute Gasteiger partial charge is 0.321 e. The van der Waals surface area contributed by atoms with Crippen molar-refractivity contribution in [3.8, 4) is 0 Å². The Morgan fingerprint density at radius 3 is 2.21 bits per heavy atom. The van der Waals surface area contributed by atoms with Crippen LogP contribution >= 0.6 is 0 Å². The summed E-state index contributed by atoms with van der Waals surface area (Å²) >= 11 is 0. The average Bonchev–Trinajstić information content (AvgIpc) is 3.31. The molecule has 0 aromatic heterocycles. The molecule has 2 heterocycles. The van der Waals surface area contributed by atoms with Crippen molar-refractivity contribution in [3.05, 3.63) is 54.1 Å². The summed E-state index contributed by atoms with van der Waals surface area (Å²) in [4.78, 5) is 39.3. The number of carbonyl (C=O) groups excluding carboxylic acids is 3. The van der Waals surface area contributed by atoms with Crippen LogP contribution in [0, 0.1) is 0 Å². The fraction of sp³-hybridized carbons (Fsp3) is 0.286. The van der Waals surface area contributed by atoms with Gasteiger partial charge in [-0.2, -0.15) is 0 Å². The lowest BCUT2D eigenvalue weighted by Crippen LogP contribution is -2.27. The molecule has 0 radical (unpaired) electrons. The molecule has 4 amide bonds. The zero-order valence-corrected chi connectivity index (χ0v) is 15.5. The molecule has 0 atom stereocenters. The van der Waals surface area contributed by atoms with E-state index < -0.39 is 0 Å². The van der Waals surface area contributed by atoms with Crippen molar-refractivity contribution in [1.29, 1.82) is 0 Å². The first-order chi connectivity index (χ1) is 13.6. The van der Waals surface area contributed by atoms with E-state index in [1.54, 1.807) is 21.9 Å². The third-order valence-electron chi connectivity index (χ3n) is 5.01. The highest BCUT2D eigenvalue weighted by atomic mass is 16.2. The van der Waals surface area contributed by atoms with Gasteiger partial charge in [-0.05, 0) is 48.4 Å². The summed E-state index contributed by atoms with van der Waals surface area (Å²) in [6.07, 6.45) is 1.75. The van der Waals surface area contributed by atoms with Crippen LogP contribution in [0.25, 0.3) is 0 Å². The van der Waals surface area contributed by atoms with Gasteiger partial charge in [-0.25, -0.2) is 4.79 Å². The molecule has 2 aliphatic heterocycles. The molecule has 2 aromatic rings. The SMILES string of the molecule is O=C(Cc1ccc(N2CCCC2=O)cc1)Nc1ccc(N2CCNC2=O)cc1. The maximum Gasteiger partial charge on any atom is 0.321 e. The second-order valence-corrected chi connectivity index (χ2v) is 6.97. The van der Waals surface area contributed by atoms with Crippen LogP contribution < -0.4 is 20.4 Å². The van der Waals surface area contributed by atoms with Crippen LogP contribution in [0.2, 0.25) is 0 Å². The molecule has 144 valence electrons. The maximum atomic E-state index is 12.3. The number of anilines is 3. The first-order valence-electron chi connectivity index (χ1n) is 9.45. The number of carbonyl (C=O) groups is 3. The topological polar surface area (TPSA) is 81.8 Å². The highest BCUT2D eigenvalue weighted by Gasteiger charge is 2.22. The summed E-state index contributed by atoms with van der Waals surface area (Å²) in [6, 6.07) is 14.7. The number of hydrogen-bond acceptors (Lipinski definition) is 3. The van der Waals surface area contributed by atoms with Crippen molar-refractivity contribution < 1.29 is 14.4 Å². The van der Waals surface area contributed by atoms with Gasteiger partial charge in [0.15, 0.2) is 0 Å². The highest BCUT2D eigenvalue weighted by Crippen LogP contribution is 2.22. The number of nitrogens with one attached hydrogen (secondary N) is 2. The lowest BCUT2D eigenvalue weighted by atomic mass is 10.1. The molecular weight excluding hydrogens is 356 g/mol. The lowest BCUT2D eigenvalue weighted by molar-refractivity contribution is -0.117. The molecule has 0 aliphatic carbocycles. The minimum Gasteiger partial charge on any atom is -0.336 e. The molecule has 2 saturated heterocycles. The number of benzene rings is 2. The maximum absolute atomic E-state index is 12.3. The van der Waals surface area contributed by atoms with Gasteiger partial charge in [0.25, 0.3) is 0 Å². The number of amides is 4. The summed E-state index contributed by atoms with van der Waals surface area (Å²) < 4.78 is 0. The Morgan fingerprint density at radius 2 is 1.61 bits per heavy atom. The molecular formula is C21H22N4O3. The second-order valence-electron chi connectivity index (χ2n) is 6.97. The Kier molecular flexibility index (Phi) is 4.97. The van der Waals surface area contributed by atoms with Gasteiger partial charge >= 0.3 is 6.03 Å². The first kappa shape index (κ1) is 18.0. The van der Waals surface area contributed by atoms with E-state index in [1.165, 1.54) is 0 Å². The van der Waals surface area contributed by atoms with E-state index in [0.717, 1.165) is 29.9 Å². The quantitative estimate of drug-likeness (QED) is 0.839. The van der Waals surface area contributed by atoms with Crippen LogP contribution in [-0.4, -0.2) is 37.5 Å². The minimum absolute atomic E-state index is 0.101. The molecule has 2 fully saturated rings. The summed E-state index contributed by atoms with van der Waals surface area (Å²) in [5.74, 6) is 0.0389. The Balaban J connectivity index is 1.34. The summed E-state index contributed by atoms with van der Waals surface area (Å²) in [5.41, 5.74) is 3.26. The van der Waals surface area contributed by atoms with E-state index in [0.29, 0.717) is 25.2 Å². The number of rotatable bonds is 5. The third-order valence-corrected chi connectivity index (χ3v) is 5.01. The number of hydrogen-bond donors (Lipinski definition) is 2. The van der Waals surface area contributed by atoms with Crippen LogP contribution in [0.1, 0.15) is 18.4 Å². The van der Waals surface area contributed by atoms with Gasteiger partial charge in [-0.3, -0.25) is 14.5 Å². The Hall–Kier alpha value is -3.35. The first-order valence-corrected chi connectivity index (χ1v) is 9.45. The molecule has 2 aromatic carbocycles. The highest BCUT2D eigenvalue weighted by molar-refractivity contribution is 5.96. The standard InChI is InChI=1S/C21H22N4O3/c26-19(14-15-3-7-17(8-4-15)24-12-1-2-20(24)27)23-16-5-9-18(10-6-16)25-13-11-22-21(25)28/h3-10H,1-2,11-14H2,(H,22,28)(H,23,26). The van der Waals surface area contributed by atoms with Gasteiger partial charge in [0.05, 0.1) is 6.42 Å². The second kappa shape index (κ2) is 7.72. The van der Waals surface area contributed by atoms with Crippen LogP contribution in [0.15, 0.2) is 48.5 Å². The van der Waals surface area contributed by atoms with Crippen molar-refractivity contribution in [2.75, 3.05) is 34.8 Å². The molecule has 28 heavy (non-hydrogen) atoms. The lowest BCUT2D eigenvalue weighted by Gasteiger charge is -2.16. The van der Waals surface area contributed by atoms with E-state index >= 15 is 0 Å². The van der Waals surface area contributed by atoms with Crippen molar-refractivity contribution >= 4 is 34.9 Å². The zero-order valence-electron chi connectivity index (χ0n) is 15.5.